The number of rotatable bonds is 6. The van der Waals surface area contributed by atoms with Crippen LogP contribution in [0.3, 0.4) is 0 Å². The summed E-state index contributed by atoms with van der Waals surface area (Å²) in [6.07, 6.45) is 3.58. The number of carbonyl (C=O) groups excluding carboxylic acids is 1. The van der Waals surface area contributed by atoms with Crippen molar-refractivity contribution >= 4 is 5.91 Å². The summed E-state index contributed by atoms with van der Waals surface area (Å²) in [6, 6.07) is 0.739. The van der Waals surface area contributed by atoms with Crippen LogP contribution < -0.4 is 10.6 Å². The van der Waals surface area contributed by atoms with Gasteiger partial charge in [0.2, 0.25) is 0 Å². The van der Waals surface area contributed by atoms with Crippen LogP contribution in [0.4, 0.5) is 0 Å². The molecule has 0 bridgehead atoms. The van der Waals surface area contributed by atoms with Gasteiger partial charge in [-0.15, -0.1) is 0 Å². The molecule has 1 aliphatic rings. The highest BCUT2D eigenvalue weighted by molar-refractivity contribution is 5.96. The van der Waals surface area contributed by atoms with Crippen molar-refractivity contribution in [2.45, 2.75) is 39.2 Å². The van der Waals surface area contributed by atoms with Crippen molar-refractivity contribution in [1.29, 1.82) is 0 Å². The number of hydrogen-bond donors (Lipinski definition) is 2. The Labute approximate surface area is 108 Å². The predicted molar refractivity (Wildman–Crippen MR) is 70.7 cm³/mol. The molecule has 1 aromatic rings. The van der Waals surface area contributed by atoms with Crippen LogP contribution in [0.5, 0.6) is 0 Å². The number of nitrogens with zero attached hydrogens (tertiary/aromatic N) is 2. The Morgan fingerprint density at radius 2 is 2.11 bits per heavy atom. The van der Waals surface area contributed by atoms with E-state index in [1.807, 2.05) is 20.9 Å². The summed E-state index contributed by atoms with van der Waals surface area (Å²) in [7, 11) is 1.86. The minimum Gasteiger partial charge on any atom is -0.352 e. The highest BCUT2D eigenvalue weighted by atomic mass is 16.1. The summed E-state index contributed by atoms with van der Waals surface area (Å²) < 4.78 is 1.75. The van der Waals surface area contributed by atoms with Crippen molar-refractivity contribution in [3.05, 3.63) is 17.0 Å². The van der Waals surface area contributed by atoms with Crippen molar-refractivity contribution < 1.29 is 4.79 Å². The van der Waals surface area contributed by atoms with Gasteiger partial charge in [-0.05, 0) is 39.7 Å². The molecule has 5 heteroatoms. The van der Waals surface area contributed by atoms with E-state index in [1.54, 1.807) is 4.68 Å². The van der Waals surface area contributed by atoms with Gasteiger partial charge in [0, 0.05) is 25.3 Å². The molecule has 0 radical (unpaired) electrons. The second-order valence-corrected chi connectivity index (χ2v) is 5.01. The van der Waals surface area contributed by atoms with E-state index in [4.69, 9.17) is 0 Å². The van der Waals surface area contributed by atoms with Gasteiger partial charge in [-0.3, -0.25) is 9.48 Å². The predicted octanol–water partition coefficient (Wildman–Crippen LogP) is 0.909. The molecule has 0 saturated heterocycles. The zero-order chi connectivity index (χ0) is 13.1. The van der Waals surface area contributed by atoms with Crippen LogP contribution in [0.25, 0.3) is 0 Å². The standard InChI is InChI=1S/C13H22N4O/c1-9-12(10(2)17(3)16-9)13(18)15-8-4-7-14-11-5-6-11/h11,14H,4-8H2,1-3H3,(H,15,18). The molecular weight excluding hydrogens is 228 g/mol. The van der Waals surface area contributed by atoms with Crippen molar-refractivity contribution in [1.82, 2.24) is 20.4 Å². The number of aryl methyl sites for hydroxylation is 2. The van der Waals surface area contributed by atoms with E-state index in [0.29, 0.717) is 12.1 Å². The Kier molecular flexibility index (Phi) is 4.01. The Morgan fingerprint density at radius 3 is 2.67 bits per heavy atom. The van der Waals surface area contributed by atoms with Crippen LogP contribution in [-0.2, 0) is 7.05 Å². The average Bonchev–Trinajstić information content (AvgIpc) is 3.08. The van der Waals surface area contributed by atoms with E-state index in [1.165, 1.54) is 12.8 Å². The maximum atomic E-state index is 12.0. The molecule has 0 aromatic carbocycles. The molecule has 1 heterocycles. The van der Waals surface area contributed by atoms with Crippen LogP contribution in [0.1, 0.15) is 41.0 Å². The zero-order valence-corrected chi connectivity index (χ0v) is 11.4. The van der Waals surface area contributed by atoms with Crippen molar-refractivity contribution in [2.75, 3.05) is 13.1 Å². The number of carbonyl (C=O) groups is 1. The second kappa shape index (κ2) is 5.52. The van der Waals surface area contributed by atoms with Crippen LogP contribution in [0.2, 0.25) is 0 Å². The molecular formula is C13H22N4O. The number of nitrogens with one attached hydrogen (secondary N) is 2. The minimum atomic E-state index is -0.00970. The number of aromatic nitrogens is 2. The van der Waals surface area contributed by atoms with E-state index in [0.717, 1.165) is 30.4 Å². The quantitative estimate of drug-likeness (QED) is 0.738. The molecule has 0 unspecified atom stereocenters. The number of amides is 1. The molecule has 0 atom stereocenters. The fraction of sp³-hybridized carbons (Fsp3) is 0.692. The van der Waals surface area contributed by atoms with Gasteiger partial charge in [-0.1, -0.05) is 0 Å². The summed E-state index contributed by atoms with van der Waals surface area (Å²) in [5, 5.41) is 10.6. The first-order chi connectivity index (χ1) is 8.59. The molecule has 1 amide bonds. The van der Waals surface area contributed by atoms with Crippen LogP contribution in [-0.4, -0.2) is 34.8 Å². The molecule has 18 heavy (non-hydrogen) atoms. The lowest BCUT2D eigenvalue weighted by molar-refractivity contribution is 0.0952. The Bertz CT molecular complexity index is 434. The lowest BCUT2D eigenvalue weighted by Crippen LogP contribution is -2.28. The van der Waals surface area contributed by atoms with Gasteiger partial charge in [-0.2, -0.15) is 5.10 Å². The molecule has 0 aliphatic heterocycles. The first kappa shape index (κ1) is 13.1. The smallest absolute Gasteiger partial charge is 0.255 e. The fourth-order valence-electron chi connectivity index (χ4n) is 2.07. The first-order valence-corrected chi connectivity index (χ1v) is 6.61. The summed E-state index contributed by atoms with van der Waals surface area (Å²) in [4.78, 5) is 12.0. The third-order valence-electron chi connectivity index (χ3n) is 3.39. The Hall–Kier alpha value is -1.36. The Morgan fingerprint density at radius 1 is 1.39 bits per heavy atom. The molecule has 1 saturated carbocycles. The molecule has 0 spiro atoms. The minimum absolute atomic E-state index is 0.00970. The average molecular weight is 250 g/mol. The van der Waals surface area contributed by atoms with Gasteiger partial charge in [-0.25, -0.2) is 0 Å². The van der Waals surface area contributed by atoms with E-state index in [9.17, 15) is 4.79 Å². The molecule has 2 N–H and O–H groups in total. The summed E-state index contributed by atoms with van der Waals surface area (Å²) in [5.41, 5.74) is 2.43. The normalized spacial score (nSPS) is 14.8. The topological polar surface area (TPSA) is 59.0 Å². The monoisotopic (exact) mass is 250 g/mol. The van der Waals surface area contributed by atoms with E-state index in [2.05, 4.69) is 15.7 Å². The molecule has 2 rings (SSSR count). The Balaban J connectivity index is 1.76. The van der Waals surface area contributed by atoms with Gasteiger partial charge >= 0.3 is 0 Å². The van der Waals surface area contributed by atoms with E-state index >= 15 is 0 Å². The lowest BCUT2D eigenvalue weighted by Gasteiger charge is -2.06. The van der Waals surface area contributed by atoms with Crippen molar-refractivity contribution in [3.8, 4) is 0 Å². The molecule has 1 fully saturated rings. The van der Waals surface area contributed by atoms with Crippen molar-refractivity contribution in [3.63, 3.8) is 0 Å². The zero-order valence-electron chi connectivity index (χ0n) is 11.4. The van der Waals surface area contributed by atoms with Crippen LogP contribution >= 0.6 is 0 Å². The maximum Gasteiger partial charge on any atom is 0.255 e. The second-order valence-electron chi connectivity index (χ2n) is 5.01. The van der Waals surface area contributed by atoms with Gasteiger partial charge in [0.1, 0.15) is 0 Å². The summed E-state index contributed by atoms with van der Waals surface area (Å²) in [5.74, 6) is -0.00970. The summed E-state index contributed by atoms with van der Waals surface area (Å²) >= 11 is 0. The molecule has 1 aliphatic carbocycles. The third kappa shape index (κ3) is 3.10. The van der Waals surface area contributed by atoms with Gasteiger partial charge in [0.15, 0.2) is 0 Å². The largest absolute Gasteiger partial charge is 0.352 e. The SMILES string of the molecule is Cc1nn(C)c(C)c1C(=O)NCCCNC1CC1. The first-order valence-electron chi connectivity index (χ1n) is 6.61. The molecule has 5 nitrogen and oxygen atoms in total. The van der Waals surface area contributed by atoms with Crippen LogP contribution in [0.15, 0.2) is 0 Å². The van der Waals surface area contributed by atoms with Crippen molar-refractivity contribution in [2.24, 2.45) is 7.05 Å². The van der Waals surface area contributed by atoms with Gasteiger partial charge in [0.25, 0.3) is 5.91 Å². The third-order valence-corrected chi connectivity index (χ3v) is 3.39. The maximum absolute atomic E-state index is 12.0. The highest BCUT2D eigenvalue weighted by Crippen LogP contribution is 2.18. The lowest BCUT2D eigenvalue weighted by atomic mass is 10.2. The van der Waals surface area contributed by atoms with Crippen LogP contribution in [0, 0.1) is 13.8 Å². The van der Waals surface area contributed by atoms with Gasteiger partial charge in [0.05, 0.1) is 11.3 Å². The fourth-order valence-corrected chi connectivity index (χ4v) is 2.07. The highest BCUT2D eigenvalue weighted by Gasteiger charge is 2.20. The van der Waals surface area contributed by atoms with E-state index in [-0.39, 0.29) is 5.91 Å². The van der Waals surface area contributed by atoms with Gasteiger partial charge < -0.3 is 10.6 Å². The number of hydrogen-bond acceptors (Lipinski definition) is 3. The molecule has 1 aromatic heterocycles. The molecule has 100 valence electrons. The summed E-state index contributed by atoms with van der Waals surface area (Å²) in [6.45, 7) is 5.49. The van der Waals surface area contributed by atoms with E-state index < -0.39 is 0 Å².